The van der Waals surface area contributed by atoms with Gasteiger partial charge >= 0.3 is 0 Å². The third kappa shape index (κ3) is 2.25. The summed E-state index contributed by atoms with van der Waals surface area (Å²) in [6, 6.07) is 0.483. The van der Waals surface area contributed by atoms with Crippen LogP contribution in [-0.2, 0) is 9.78 Å². The maximum atomic E-state index is 4.83. The second-order valence-electron chi connectivity index (χ2n) is 2.53. The van der Waals surface area contributed by atoms with Crippen LogP contribution in [0.5, 0.6) is 0 Å². The quantitative estimate of drug-likeness (QED) is 0.604. The van der Waals surface area contributed by atoms with E-state index in [-0.39, 0.29) is 0 Å². The fourth-order valence-electron chi connectivity index (χ4n) is 0.762. The Morgan fingerprint density at radius 3 is 3.00 bits per heavy atom. The van der Waals surface area contributed by atoms with Crippen molar-refractivity contribution >= 4 is 0 Å². The molecule has 0 saturated carbocycles. The molecule has 1 saturated heterocycles. The molecule has 0 amide bonds. The molecule has 0 aromatic heterocycles. The van der Waals surface area contributed by atoms with Crippen molar-refractivity contribution < 1.29 is 9.78 Å². The molecule has 3 nitrogen and oxygen atoms in total. The average molecular weight is 144 g/mol. The summed E-state index contributed by atoms with van der Waals surface area (Å²) in [6.45, 7) is 4.93. The van der Waals surface area contributed by atoms with E-state index < -0.39 is 0 Å². The van der Waals surface area contributed by atoms with E-state index in [4.69, 9.17) is 9.78 Å². The van der Waals surface area contributed by atoms with Crippen molar-refractivity contribution in [3.8, 4) is 0 Å². The maximum absolute atomic E-state index is 4.83. The van der Waals surface area contributed by atoms with E-state index in [1.165, 1.54) is 0 Å². The molecular formula is C7H14NO2. The zero-order valence-corrected chi connectivity index (χ0v) is 6.52. The largest absolute Gasteiger partial charge is 0.281 e. The molecule has 1 radical (unpaired) electrons. The summed E-state index contributed by atoms with van der Waals surface area (Å²) >= 11 is 0. The van der Waals surface area contributed by atoms with Crippen LogP contribution in [0.1, 0.15) is 26.7 Å². The Labute approximate surface area is 61.6 Å². The number of hydrogen-bond acceptors (Lipinski definition) is 3. The Balaban J connectivity index is 2.11. The molecule has 59 valence electrons. The molecule has 3 heteroatoms. The molecule has 0 spiro atoms. The average Bonchev–Trinajstić information content (AvgIpc) is 2.40. The fraction of sp³-hybridized carbons (Fsp3) is 0.857. The molecule has 0 aromatic carbocycles. The van der Waals surface area contributed by atoms with Crippen LogP contribution in [-0.4, -0.2) is 12.6 Å². The molecule has 1 atom stereocenters. The van der Waals surface area contributed by atoms with E-state index in [0.717, 1.165) is 19.1 Å². The number of rotatable bonds is 3. The standard InChI is InChI=1S/C7H14NO2/c1-3-6(2)8-7-4-5-9-10-7/h6,8H,3-5H2,1-2H3. The van der Waals surface area contributed by atoms with Crippen molar-refractivity contribution in [1.29, 1.82) is 0 Å². The molecule has 0 aliphatic carbocycles. The van der Waals surface area contributed by atoms with Crippen molar-refractivity contribution in [2.24, 2.45) is 0 Å². The van der Waals surface area contributed by atoms with Crippen LogP contribution in [0.3, 0.4) is 0 Å². The monoisotopic (exact) mass is 144 g/mol. The van der Waals surface area contributed by atoms with E-state index in [9.17, 15) is 0 Å². The topological polar surface area (TPSA) is 30.5 Å². The summed E-state index contributed by atoms with van der Waals surface area (Å²) < 4.78 is 0. The summed E-state index contributed by atoms with van der Waals surface area (Å²) in [5.41, 5.74) is 0. The highest BCUT2D eigenvalue weighted by atomic mass is 17.2. The van der Waals surface area contributed by atoms with Crippen LogP contribution in [0.2, 0.25) is 0 Å². The second kappa shape index (κ2) is 3.91. The van der Waals surface area contributed by atoms with Gasteiger partial charge in [-0.05, 0) is 13.3 Å². The Morgan fingerprint density at radius 1 is 1.70 bits per heavy atom. The molecule has 1 unspecified atom stereocenters. The third-order valence-electron chi connectivity index (χ3n) is 1.59. The van der Waals surface area contributed by atoms with Gasteiger partial charge in [0.2, 0.25) is 6.23 Å². The van der Waals surface area contributed by atoms with Crippen LogP contribution >= 0.6 is 0 Å². The first-order chi connectivity index (χ1) is 4.83. The minimum Gasteiger partial charge on any atom is -0.281 e. The molecule has 0 bridgehead atoms. The minimum atomic E-state index is 0.483. The van der Waals surface area contributed by atoms with Crippen molar-refractivity contribution in [2.75, 3.05) is 6.61 Å². The van der Waals surface area contributed by atoms with Gasteiger partial charge in [0.1, 0.15) is 0 Å². The zero-order valence-electron chi connectivity index (χ0n) is 6.52. The minimum absolute atomic E-state index is 0.483. The molecule has 1 heterocycles. The Bertz CT molecular complexity index is 91.6. The van der Waals surface area contributed by atoms with Gasteiger partial charge in [0, 0.05) is 12.5 Å². The molecule has 1 N–H and O–H groups in total. The zero-order chi connectivity index (χ0) is 7.40. The molecule has 1 rings (SSSR count). The highest BCUT2D eigenvalue weighted by Crippen LogP contribution is 2.13. The van der Waals surface area contributed by atoms with Crippen LogP contribution < -0.4 is 5.32 Å². The SMILES string of the molecule is CCC(C)N[C]1CCOO1. The van der Waals surface area contributed by atoms with Gasteiger partial charge < -0.3 is 0 Å². The summed E-state index contributed by atoms with van der Waals surface area (Å²) in [4.78, 5) is 9.53. The fourth-order valence-corrected chi connectivity index (χ4v) is 0.762. The van der Waals surface area contributed by atoms with E-state index in [1.807, 2.05) is 0 Å². The lowest BCUT2D eigenvalue weighted by Gasteiger charge is -2.13. The first kappa shape index (κ1) is 7.98. The van der Waals surface area contributed by atoms with Gasteiger partial charge in [-0.15, -0.1) is 0 Å². The van der Waals surface area contributed by atoms with E-state index in [0.29, 0.717) is 12.6 Å². The van der Waals surface area contributed by atoms with Gasteiger partial charge in [0.05, 0.1) is 6.61 Å². The lowest BCUT2D eigenvalue weighted by atomic mass is 10.2. The first-order valence-corrected chi connectivity index (χ1v) is 3.74. The van der Waals surface area contributed by atoms with E-state index >= 15 is 0 Å². The lowest BCUT2D eigenvalue weighted by molar-refractivity contribution is -0.249. The summed E-state index contributed by atoms with van der Waals surface area (Å²) in [7, 11) is 0. The van der Waals surface area contributed by atoms with Gasteiger partial charge in [0.25, 0.3) is 0 Å². The number of nitrogens with one attached hydrogen (secondary N) is 1. The molecular weight excluding hydrogens is 130 g/mol. The maximum Gasteiger partial charge on any atom is 0.202 e. The van der Waals surface area contributed by atoms with Gasteiger partial charge in [0.15, 0.2) is 0 Å². The Hall–Kier alpha value is -0.120. The first-order valence-electron chi connectivity index (χ1n) is 3.74. The Morgan fingerprint density at radius 2 is 2.50 bits per heavy atom. The predicted octanol–water partition coefficient (Wildman–Crippen LogP) is 1.22. The van der Waals surface area contributed by atoms with Gasteiger partial charge in [-0.25, -0.2) is 9.78 Å². The molecule has 0 aromatic rings. The van der Waals surface area contributed by atoms with Gasteiger partial charge in [-0.2, -0.15) is 0 Å². The smallest absolute Gasteiger partial charge is 0.202 e. The van der Waals surface area contributed by atoms with Crippen LogP contribution in [0, 0.1) is 6.23 Å². The summed E-state index contributed by atoms with van der Waals surface area (Å²) in [5, 5.41) is 3.20. The van der Waals surface area contributed by atoms with Crippen molar-refractivity contribution in [1.82, 2.24) is 5.32 Å². The second-order valence-corrected chi connectivity index (χ2v) is 2.53. The van der Waals surface area contributed by atoms with Gasteiger partial charge in [-0.1, -0.05) is 6.92 Å². The number of hydrogen-bond donors (Lipinski definition) is 1. The lowest BCUT2D eigenvalue weighted by Crippen LogP contribution is -2.29. The van der Waals surface area contributed by atoms with Crippen LogP contribution in [0.4, 0.5) is 0 Å². The van der Waals surface area contributed by atoms with Gasteiger partial charge in [-0.3, -0.25) is 5.32 Å². The molecule has 1 aliphatic heterocycles. The summed E-state index contributed by atoms with van der Waals surface area (Å²) in [5.74, 6) is 0. The van der Waals surface area contributed by atoms with Crippen molar-refractivity contribution in [3.05, 3.63) is 6.23 Å². The van der Waals surface area contributed by atoms with E-state index in [1.54, 1.807) is 0 Å². The van der Waals surface area contributed by atoms with Crippen LogP contribution in [0.25, 0.3) is 0 Å². The van der Waals surface area contributed by atoms with Crippen LogP contribution in [0.15, 0.2) is 0 Å². The highest BCUT2D eigenvalue weighted by Gasteiger charge is 2.19. The van der Waals surface area contributed by atoms with E-state index in [2.05, 4.69) is 19.2 Å². The normalized spacial score (nSPS) is 23.4. The van der Waals surface area contributed by atoms with Crippen molar-refractivity contribution in [3.63, 3.8) is 0 Å². The Kier molecular flexibility index (Phi) is 3.12. The molecule has 1 fully saturated rings. The highest BCUT2D eigenvalue weighted by molar-refractivity contribution is 4.78. The molecule has 10 heavy (non-hydrogen) atoms. The molecule has 1 aliphatic rings. The predicted molar refractivity (Wildman–Crippen MR) is 37.8 cm³/mol. The summed E-state index contributed by atoms with van der Waals surface area (Å²) in [6.07, 6.45) is 2.85. The third-order valence-corrected chi connectivity index (χ3v) is 1.59. The van der Waals surface area contributed by atoms with Crippen molar-refractivity contribution in [2.45, 2.75) is 32.7 Å².